The summed E-state index contributed by atoms with van der Waals surface area (Å²) >= 11 is 1.78. The Hall–Kier alpha value is -1.88. The molecule has 2 aromatic rings. The Morgan fingerprint density at radius 1 is 1.25 bits per heavy atom. The number of rotatable bonds is 5. The van der Waals surface area contributed by atoms with Crippen molar-refractivity contribution in [3.8, 4) is 10.4 Å². The third-order valence-corrected chi connectivity index (χ3v) is 5.88. The van der Waals surface area contributed by atoms with Crippen LogP contribution in [0.3, 0.4) is 0 Å². The van der Waals surface area contributed by atoms with Crippen LogP contribution in [0.15, 0.2) is 30.5 Å². The quantitative estimate of drug-likeness (QED) is 0.635. The molecule has 24 heavy (non-hydrogen) atoms. The number of ether oxygens (including phenoxy) is 1. The zero-order chi connectivity index (χ0) is 16.9. The zero-order valence-corrected chi connectivity index (χ0v) is 14.8. The van der Waals surface area contributed by atoms with E-state index in [0.29, 0.717) is 24.9 Å². The van der Waals surface area contributed by atoms with E-state index in [0.717, 1.165) is 31.4 Å². The van der Waals surface area contributed by atoms with Crippen LogP contribution >= 0.6 is 11.3 Å². The van der Waals surface area contributed by atoms with Crippen molar-refractivity contribution < 1.29 is 9.53 Å². The van der Waals surface area contributed by atoms with Gasteiger partial charge in [-0.3, -0.25) is 4.79 Å². The number of nitrogens with two attached hydrogens (primary N) is 1. The van der Waals surface area contributed by atoms with Gasteiger partial charge in [0.15, 0.2) is 0 Å². The Labute approximate surface area is 147 Å². The minimum atomic E-state index is -0.0548. The van der Waals surface area contributed by atoms with Crippen LogP contribution in [0.4, 0.5) is 5.69 Å². The van der Waals surface area contributed by atoms with E-state index in [1.807, 2.05) is 37.4 Å². The molecule has 0 saturated heterocycles. The smallest absolute Gasteiger partial charge is 0.306 e. The van der Waals surface area contributed by atoms with Gasteiger partial charge in [0, 0.05) is 24.2 Å². The maximum absolute atomic E-state index is 11.6. The van der Waals surface area contributed by atoms with E-state index in [9.17, 15) is 4.79 Å². The number of hydrogen-bond donors (Lipinski definition) is 1. The van der Waals surface area contributed by atoms with Gasteiger partial charge in [0.1, 0.15) is 0 Å². The number of hydrogen-bond acceptors (Lipinski definition) is 5. The molecule has 4 nitrogen and oxygen atoms in total. The number of thiazole rings is 1. The highest BCUT2D eigenvalue weighted by Crippen LogP contribution is 2.40. The summed E-state index contributed by atoms with van der Waals surface area (Å²) in [6.45, 7) is 2.33. The van der Waals surface area contributed by atoms with Crippen molar-refractivity contribution in [2.75, 3.05) is 12.3 Å². The van der Waals surface area contributed by atoms with Crippen molar-refractivity contribution in [1.29, 1.82) is 0 Å². The normalized spacial score (nSPS) is 20.7. The maximum Gasteiger partial charge on any atom is 0.306 e. The topological polar surface area (TPSA) is 65.2 Å². The maximum atomic E-state index is 11.6. The predicted molar refractivity (Wildman–Crippen MR) is 97.9 cm³/mol. The number of nitrogens with zero attached hydrogens (tertiary/aromatic N) is 1. The van der Waals surface area contributed by atoms with Gasteiger partial charge in [0.25, 0.3) is 0 Å². The second kappa shape index (κ2) is 7.79. The first-order valence-electron chi connectivity index (χ1n) is 8.63. The number of anilines is 1. The molecule has 1 aromatic carbocycles. The van der Waals surface area contributed by atoms with Crippen molar-refractivity contribution in [2.24, 2.45) is 5.92 Å². The molecular weight excluding hydrogens is 320 g/mol. The summed E-state index contributed by atoms with van der Waals surface area (Å²) < 4.78 is 5.06. The van der Waals surface area contributed by atoms with Crippen molar-refractivity contribution in [1.82, 2.24) is 4.98 Å². The Bertz CT molecular complexity index is 673. The van der Waals surface area contributed by atoms with E-state index in [2.05, 4.69) is 4.98 Å². The lowest BCUT2D eigenvalue weighted by Crippen LogP contribution is -2.17. The first-order chi connectivity index (χ1) is 11.7. The largest absolute Gasteiger partial charge is 0.466 e. The summed E-state index contributed by atoms with van der Waals surface area (Å²) in [6.07, 6.45) is 6.92. The van der Waals surface area contributed by atoms with Crippen LogP contribution in [0, 0.1) is 5.92 Å². The van der Waals surface area contributed by atoms with E-state index in [-0.39, 0.29) is 5.97 Å². The fourth-order valence-corrected chi connectivity index (χ4v) is 4.42. The van der Waals surface area contributed by atoms with E-state index >= 15 is 0 Å². The Morgan fingerprint density at radius 3 is 2.62 bits per heavy atom. The summed E-state index contributed by atoms with van der Waals surface area (Å²) in [5, 5.41) is 1.22. The average Bonchev–Trinajstić information content (AvgIpc) is 3.06. The summed E-state index contributed by atoms with van der Waals surface area (Å²) in [5.41, 5.74) is 7.70. The summed E-state index contributed by atoms with van der Waals surface area (Å²) in [7, 11) is 0. The minimum absolute atomic E-state index is 0.0548. The molecule has 1 saturated carbocycles. The van der Waals surface area contributed by atoms with Crippen LogP contribution < -0.4 is 5.73 Å². The molecule has 3 rings (SSSR count). The van der Waals surface area contributed by atoms with Gasteiger partial charge >= 0.3 is 5.97 Å². The molecule has 1 aromatic heterocycles. The highest BCUT2D eigenvalue weighted by atomic mass is 32.1. The number of aromatic nitrogens is 1. The van der Waals surface area contributed by atoms with Crippen LogP contribution in [0.2, 0.25) is 0 Å². The van der Waals surface area contributed by atoms with Crippen LogP contribution in [0.25, 0.3) is 10.4 Å². The molecule has 1 aliphatic rings. The lowest BCUT2D eigenvalue weighted by Gasteiger charge is -2.26. The van der Waals surface area contributed by atoms with Crippen LogP contribution in [-0.4, -0.2) is 17.6 Å². The second-order valence-electron chi connectivity index (χ2n) is 6.41. The summed E-state index contributed by atoms with van der Waals surface area (Å²) in [5.74, 6) is 0.939. The number of carbonyl (C=O) groups is 1. The van der Waals surface area contributed by atoms with Crippen molar-refractivity contribution in [2.45, 2.75) is 44.9 Å². The third kappa shape index (κ3) is 4.15. The molecular formula is C19H24N2O2S. The van der Waals surface area contributed by atoms with Gasteiger partial charge < -0.3 is 10.5 Å². The van der Waals surface area contributed by atoms with E-state index in [1.165, 1.54) is 15.4 Å². The molecule has 0 atom stereocenters. The van der Waals surface area contributed by atoms with Crippen molar-refractivity contribution in [3.63, 3.8) is 0 Å². The molecule has 1 aliphatic carbocycles. The van der Waals surface area contributed by atoms with Crippen LogP contribution in [0.1, 0.15) is 50.0 Å². The number of nitrogen functional groups attached to an aromatic ring is 1. The fourth-order valence-electron chi connectivity index (χ4n) is 3.33. The molecule has 0 radical (unpaired) electrons. The van der Waals surface area contributed by atoms with Gasteiger partial charge in [-0.25, -0.2) is 4.98 Å². The highest BCUT2D eigenvalue weighted by Gasteiger charge is 2.26. The SMILES string of the molecule is CCOC(=O)CC1CCC(c2ncc(-c3ccc(N)cc3)s2)CC1. The number of carbonyl (C=O) groups excluding carboxylic acids is 1. The molecule has 0 unspecified atom stereocenters. The van der Waals surface area contributed by atoms with Gasteiger partial charge in [-0.2, -0.15) is 0 Å². The Balaban J connectivity index is 1.57. The molecule has 5 heteroatoms. The molecule has 2 N–H and O–H groups in total. The van der Waals surface area contributed by atoms with E-state index in [4.69, 9.17) is 10.5 Å². The lowest BCUT2D eigenvalue weighted by atomic mass is 9.81. The highest BCUT2D eigenvalue weighted by molar-refractivity contribution is 7.15. The van der Waals surface area contributed by atoms with Gasteiger partial charge in [-0.15, -0.1) is 11.3 Å². The van der Waals surface area contributed by atoms with Crippen LogP contribution in [-0.2, 0) is 9.53 Å². The zero-order valence-electron chi connectivity index (χ0n) is 14.0. The molecule has 0 amide bonds. The first-order valence-corrected chi connectivity index (χ1v) is 9.44. The fraction of sp³-hybridized carbons (Fsp3) is 0.474. The molecule has 0 aliphatic heterocycles. The lowest BCUT2D eigenvalue weighted by molar-refractivity contribution is -0.144. The molecule has 1 fully saturated rings. The molecule has 0 bridgehead atoms. The van der Waals surface area contributed by atoms with Gasteiger partial charge in [-0.1, -0.05) is 12.1 Å². The first kappa shape index (κ1) is 17.0. The van der Waals surface area contributed by atoms with Crippen molar-refractivity contribution in [3.05, 3.63) is 35.5 Å². The van der Waals surface area contributed by atoms with E-state index < -0.39 is 0 Å². The molecule has 0 spiro atoms. The second-order valence-corrected chi connectivity index (χ2v) is 7.47. The van der Waals surface area contributed by atoms with Gasteiger partial charge in [0.2, 0.25) is 0 Å². The van der Waals surface area contributed by atoms with Gasteiger partial charge in [-0.05, 0) is 56.2 Å². The minimum Gasteiger partial charge on any atom is -0.466 e. The summed E-state index contributed by atoms with van der Waals surface area (Å²) in [6, 6.07) is 7.94. The number of benzene rings is 1. The number of esters is 1. The average molecular weight is 344 g/mol. The standard InChI is InChI=1S/C19H24N2O2S/c1-2-23-18(22)11-13-3-5-15(6-4-13)19-21-12-17(24-19)14-7-9-16(20)10-8-14/h7-10,12-13,15H,2-6,11,20H2,1H3. The van der Waals surface area contributed by atoms with Crippen LogP contribution in [0.5, 0.6) is 0 Å². The monoisotopic (exact) mass is 344 g/mol. The Kier molecular flexibility index (Phi) is 5.51. The molecule has 1 heterocycles. The van der Waals surface area contributed by atoms with Crippen molar-refractivity contribution >= 4 is 23.0 Å². The predicted octanol–water partition coefficient (Wildman–Crippen LogP) is 4.62. The third-order valence-electron chi connectivity index (χ3n) is 4.68. The summed E-state index contributed by atoms with van der Waals surface area (Å²) in [4.78, 5) is 17.4. The van der Waals surface area contributed by atoms with E-state index in [1.54, 1.807) is 11.3 Å². The molecule has 128 valence electrons. The Morgan fingerprint density at radius 2 is 1.96 bits per heavy atom. The van der Waals surface area contributed by atoms with Gasteiger partial charge in [0.05, 0.1) is 16.5 Å².